The van der Waals surface area contributed by atoms with E-state index in [0.717, 1.165) is 11.9 Å². The summed E-state index contributed by atoms with van der Waals surface area (Å²) in [6.45, 7) is 4.35. The van der Waals surface area contributed by atoms with E-state index in [4.69, 9.17) is 25.5 Å². The maximum absolute atomic E-state index is 13.0. The van der Waals surface area contributed by atoms with E-state index in [1.165, 1.54) is 12.7 Å². The summed E-state index contributed by atoms with van der Waals surface area (Å²) in [5.74, 6) is 1.46. The second-order valence-electron chi connectivity index (χ2n) is 7.77. The Kier molecular flexibility index (Phi) is 6.56. The highest BCUT2D eigenvalue weighted by Crippen LogP contribution is 2.34. The first-order valence-electron chi connectivity index (χ1n) is 10.7. The number of nitrogens with one attached hydrogen (secondary N) is 1. The highest BCUT2D eigenvalue weighted by molar-refractivity contribution is 6.31. The third kappa shape index (κ3) is 4.66. The molecule has 7 heteroatoms. The van der Waals surface area contributed by atoms with Gasteiger partial charge in [-0.05, 0) is 66.4 Å². The molecule has 4 rings (SSSR count). The van der Waals surface area contributed by atoms with Crippen LogP contribution in [0.25, 0.3) is 22.6 Å². The summed E-state index contributed by atoms with van der Waals surface area (Å²) in [5.41, 5.74) is 4.24. The minimum absolute atomic E-state index is 0.317. The number of rotatable bonds is 7. The molecule has 4 aromatic rings. The second kappa shape index (κ2) is 9.55. The Bertz CT molecular complexity index is 1320. The first-order valence-corrected chi connectivity index (χ1v) is 11.0. The van der Waals surface area contributed by atoms with Crippen LogP contribution in [0.4, 0.5) is 5.69 Å². The highest BCUT2D eigenvalue weighted by Gasteiger charge is 2.17. The van der Waals surface area contributed by atoms with Gasteiger partial charge in [0, 0.05) is 10.6 Å². The number of carbonyl (C=O) groups is 1. The van der Waals surface area contributed by atoms with Crippen LogP contribution in [0.5, 0.6) is 11.5 Å². The molecule has 0 aliphatic rings. The van der Waals surface area contributed by atoms with E-state index in [9.17, 15) is 4.79 Å². The molecule has 6 nitrogen and oxygen atoms in total. The fraction of sp³-hybridized carbons (Fsp3) is 0.231. The molecule has 0 fully saturated rings. The normalized spacial score (nSPS) is 11.9. The van der Waals surface area contributed by atoms with Crippen molar-refractivity contribution < 1.29 is 18.7 Å². The van der Waals surface area contributed by atoms with Gasteiger partial charge in [0.15, 0.2) is 5.58 Å². The Hall–Kier alpha value is -3.51. The molecular formula is C26H25ClN2O4. The van der Waals surface area contributed by atoms with E-state index >= 15 is 0 Å². The zero-order valence-electron chi connectivity index (χ0n) is 18.9. The molecule has 1 amide bonds. The van der Waals surface area contributed by atoms with Crippen molar-refractivity contribution in [2.75, 3.05) is 19.5 Å². The minimum atomic E-state index is -0.374. The number of aromatic nitrogens is 1. The van der Waals surface area contributed by atoms with Crippen molar-refractivity contribution >= 4 is 34.3 Å². The number of hydrogen-bond donors (Lipinski definition) is 1. The average molecular weight is 465 g/mol. The number of benzene rings is 3. The molecule has 1 atom stereocenters. The standard InChI is InChI=1S/C26H25ClN2O4/c1-5-15(2)16-6-10-24-21(12-16)29-26(33-24)17-7-9-23(32-4)20(13-17)28-25(30)19-14-18(27)8-11-22(19)31-3/h6-15H,5H2,1-4H3,(H,28,30)/t15-/m1/s1. The molecule has 33 heavy (non-hydrogen) atoms. The van der Waals surface area contributed by atoms with Crippen LogP contribution in [0.3, 0.4) is 0 Å². The van der Waals surface area contributed by atoms with Crippen molar-refractivity contribution in [1.29, 1.82) is 0 Å². The van der Waals surface area contributed by atoms with Gasteiger partial charge in [-0.3, -0.25) is 4.79 Å². The van der Waals surface area contributed by atoms with Crippen molar-refractivity contribution in [1.82, 2.24) is 4.98 Å². The fourth-order valence-electron chi connectivity index (χ4n) is 3.60. The zero-order chi connectivity index (χ0) is 23.5. The SMILES string of the molecule is CC[C@@H](C)c1ccc2oc(-c3ccc(OC)c(NC(=O)c4cc(Cl)ccc4OC)c3)nc2c1. The monoisotopic (exact) mass is 464 g/mol. The maximum atomic E-state index is 13.0. The van der Waals surface area contributed by atoms with Crippen molar-refractivity contribution in [3.8, 4) is 23.0 Å². The lowest BCUT2D eigenvalue weighted by Gasteiger charge is -2.13. The van der Waals surface area contributed by atoms with Crippen LogP contribution in [-0.4, -0.2) is 25.1 Å². The molecule has 0 spiro atoms. The summed E-state index contributed by atoms with van der Waals surface area (Å²) in [6, 6.07) is 16.3. The van der Waals surface area contributed by atoms with E-state index in [2.05, 4.69) is 36.3 Å². The Labute approximate surface area is 197 Å². The molecule has 0 aliphatic heterocycles. The minimum Gasteiger partial charge on any atom is -0.496 e. The summed E-state index contributed by atoms with van der Waals surface area (Å²) < 4.78 is 16.7. The number of methoxy groups -OCH3 is 2. The number of nitrogens with zero attached hydrogens (tertiary/aromatic N) is 1. The lowest BCUT2D eigenvalue weighted by molar-refractivity contribution is 0.102. The molecule has 0 unspecified atom stereocenters. The van der Waals surface area contributed by atoms with Gasteiger partial charge < -0.3 is 19.2 Å². The lowest BCUT2D eigenvalue weighted by atomic mass is 9.98. The fourth-order valence-corrected chi connectivity index (χ4v) is 3.77. The Morgan fingerprint density at radius 2 is 1.82 bits per heavy atom. The van der Waals surface area contributed by atoms with Gasteiger partial charge in [-0.15, -0.1) is 0 Å². The summed E-state index contributed by atoms with van der Waals surface area (Å²) in [5, 5.41) is 3.32. The first kappa shape index (κ1) is 22.7. The predicted molar refractivity (Wildman–Crippen MR) is 131 cm³/mol. The van der Waals surface area contributed by atoms with Crippen LogP contribution < -0.4 is 14.8 Å². The quantitative estimate of drug-likeness (QED) is 0.321. The number of fused-ring (bicyclic) bond motifs is 1. The van der Waals surface area contributed by atoms with Crippen LogP contribution in [0.2, 0.25) is 5.02 Å². The molecule has 0 bridgehead atoms. The number of carbonyl (C=O) groups excluding carboxylic acids is 1. The molecule has 0 saturated heterocycles. The van der Waals surface area contributed by atoms with Crippen LogP contribution in [-0.2, 0) is 0 Å². The first-order chi connectivity index (χ1) is 15.9. The summed E-state index contributed by atoms with van der Waals surface area (Å²) >= 11 is 6.08. The number of halogens is 1. The molecular weight excluding hydrogens is 440 g/mol. The van der Waals surface area contributed by atoms with Gasteiger partial charge in [0.2, 0.25) is 5.89 Å². The molecule has 170 valence electrons. The Morgan fingerprint density at radius 1 is 1.06 bits per heavy atom. The topological polar surface area (TPSA) is 73.6 Å². The largest absolute Gasteiger partial charge is 0.496 e. The number of anilines is 1. The number of amides is 1. The number of hydrogen-bond acceptors (Lipinski definition) is 5. The van der Waals surface area contributed by atoms with E-state index in [1.54, 1.807) is 37.4 Å². The zero-order valence-corrected chi connectivity index (χ0v) is 19.7. The van der Waals surface area contributed by atoms with Crippen LogP contribution >= 0.6 is 11.6 Å². The molecule has 1 aromatic heterocycles. The second-order valence-corrected chi connectivity index (χ2v) is 8.21. The van der Waals surface area contributed by atoms with E-state index in [-0.39, 0.29) is 5.91 Å². The molecule has 3 aromatic carbocycles. The smallest absolute Gasteiger partial charge is 0.259 e. The van der Waals surface area contributed by atoms with E-state index in [1.807, 2.05) is 12.1 Å². The van der Waals surface area contributed by atoms with Gasteiger partial charge in [0.05, 0.1) is 25.5 Å². The van der Waals surface area contributed by atoms with E-state index in [0.29, 0.717) is 50.7 Å². The Morgan fingerprint density at radius 3 is 2.55 bits per heavy atom. The average Bonchev–Trinajstić information content (AvgIpc) is 3.27. The molecule has 1 heterocycles. The maximum Gasteiger partial charge on any atom is 0.259 e. The summed E-state index contributed by atoms with van der Waals surface area (Å²) in [6.07, 6.45) is 1.05. The van der Waals surface area contributed by atoms with Crippen molar-refractivity contribution in [2.24, 2.45) is 0 Å². The molecule has 1 N–H and O–H groups in total. The molecule has 0 radical (unpaired) electrons. The van der Waals surface area contributed by atoms with Gasteiger partial charge in [-0.2, -0.15) is 0 Å². The van der Waals surface area contributed by atoms with Crippen LogP contribution in [0.15, 0.2) is 59.0 Å². The predicted octanol–water partition coefficient (Wildman–Crippen LogP) is 6.93. The van der Waals surface area contributed by atoms with Crippen LogP contribution in [0, 0.1) is 0 Å². The highest BCUT2D eigenvalue weighted by atomic mass is 35.5. The van der Waals surface area contributed by atoms with Gasteiger partial charge in [-0.25, -0.2) is 4.98 Å². The van der Waals surface area contributed by atoms with Gasteiger partial charge in [-0.1, -0.05) is 31.5 Å². The summed E-state index contributed by atoms with van der Waals surface area (Å²) in [7, 11) is 3.04. The van der Waals surface area contributed by atoms with E-state index < -0.39 is 0 Å². The van der Waals surface area contributed by atoms with Crippen molar-refractivity contribution in [2.45, 2.75) is 26.2 Å². The number of oxazole rings is 1. The van der Waals surface area contributed by atoms with Crippen LogP contribution in [0.1, 0.15) is 42.1 Å². The van der Waals surface area contributed by atoms with Crippen molar-refractivity contribution in [3.63, 3.8) is 0 Å². The Balaban J connectivity index is 1.69. The lowest BCUT2D eigenvalue weighted by Crippen LogP contribution is -2.14. The number of ether oxygens (including phenoxy) is 2. The van der Waals surface area contributed by atoms with Gasteiger partial charge in [0.25, 0.3) is 5.91 Å². The van der Waals surface area contributed by atoms with Gasteiger partial charge >= 0.3 is 0 Å². The third-order valence-corrected chi connectivity index (χ3v) is 5.93. The molecule has 0 saturated carbocycles. The summed E-state index contributed by atoms with van der Waals surface area (Å²) in [4.78, 5) is 17.7. The molecule has 0 aliphatic carbocycles. The van der Waals surface area contributed by atoms with Gasteiger partial charge in [0.1, 0.15) is 17.0 Å². The third-order valence-electron chi connectivity index (χ3n) is 5.69. The van der Waals surface area contributed by atoms with Crippen molar-refractivity contribution in [3.05, 3.63) is 70.7 Å².